The molecule has 1 N–H and O–H groups in total. The van der Waals surface area contributed by atoms with Gasteiger partial charge in [0.1, 0.15) is 17.3 Å². The lowest BCUT2D eigenvalue weighted by Crippen LogP contribution is -2.52. The summed E-state index contributed by atoms with van der Waals surface area (Å²) >= 11 is 0. The predicted octanol–water partition coefficient (Wildman–Crippen LogP) is 4.72. The first kappa shape index (κ1) is 25.5. The third-order valence-corrected chi connectivity index (χ3v) is 6.53. The molecule has 1 saturated heterocycles. The van der Waals surface area contributed by atoms with E-state index < -0.39 is 41.5 Å². The maximum absolute atomic E-state index is 13.7. The maximum atomic E-state index is 13.7. The number of urea groups is 1. The molecule has 2 heterocycles. The van der Waals surface area contributed by atoms with Crippen molar-refractivity contribution in [1.82, 2.24) is 15.2 Å². The first-order valence-electron chi connectivity index (χ1n) is 11.7. The van der Waals surface area contributed by atoms with Crippen LogP contribution in [-0.4, -0.2) is 45.7 Å². The summed E-state index contributed by atoms with van der Waals surface area (Å²) in [5, 5.41) is 3.05. The summed E-state index contributed by atoms with van der Waals surface area (Å²) in [7, 11) is 0. The highest BCUT2D eigenvalue weighted by atomic mass is 19.4. The molecule has 1 aromatic carbocycles. The molecule has 2 aliphatic rings. The van der Waals surface area contributed by atoms with Crippen molar-refractivity contribution in [2.45, 2.75) is 69.9 Å². The molecule has 0 spiro atoms. The van der Waals surface area contributed by atoms with Crippen molar-refractivity contribution in [3.63, 3.8) is 0 Å². The van der Waals surface area contributed by atoms with E-state index in [1.807, 2.05) is 0 Å². The number of pyridine rings is 1. The molecule has 0 bridgehead atoms. The van der Waals surface area contributed by atoms with E-state index in [0.717, 1.165) is 49.1 Å². The standard InChI is InChI=1S/C25H27F3N4O4/c1-24(2)22(34)31(18-8-10-19(11-9-18)36-25(26,27)28)23(35)32(24)20(16-12-14-29-15-13-16)21(33)30-17-6-4-3-5-7-17/h8-15,17,20H,3-7H2,1-2H3,(H,30,33). The Kier molecular flexibility index (Phi) is 6.92. The van der Waals surface area contributed by atoms with E-state index in [2.05, 4.69) is 15.0 Å². The smallest absolute Gasteiger partial charge is 0.406 e. The van der Waals surface area contributed by atoms with Crippen molar-refractivity contribution in [3.8, 4) is 5.75 Å². The van der Waals surface area contributed by atoms with Gasteiger partial charge in [-0.1, -0.05) is 19.3 Å². The zero-order valence-corrected chi connectivity index (χ0v) is 19.9. The van der Waals surface area contributed by atoms with Crippen LogP contribution in [0.5, 0.6) is 5.75 Å². The number of nitrogens with zero attached hydrogens (tertiary/aromatic N) is 3. The van der Waals surface area contributed by atoms with Crippen LogP contribution in [0.1, 0.15) is 57.6 Å². The Labute approximate surface area is 206 Å². The highest BCUT2D eigenvalue weighted by Gasteiger charge is 2.56. The number of benzene rings is 1. The summed E-state index contributed by atoms with van der Waals surface area (Å²) in [6.45, 7) is 3.08. The largest absolute Gasteiger partial charge is 0.573 e. The Bertz CT molecular complexity index is 1120. The monoisotopic (exact) mass is 504 g/mol. The number of carbonyl (C=O) groups is 3. The number of imide groups is 1. The second-order valence-corrected chi connectivity index (χ2v) is 9.42. The minimum Gasteiger partial charge on any atom is -0.406 e. The van der Waals surface area contributed by atoms with Gasteiger partial charge < -0.3 is 10.1 Å². The van der Waals surface area contributed by atoms with Gasteiger partial charge in [0.15, 0.2) is 0 Å². The van der Waals surface area contributed by atoms with Gasteiger partial charge in [-0.05, 0) is 68.7 Å². The van der Waals surface area contributed by atoms with E-state index in [4.69, 9.17) is 0 Å². The van der Waals surface area contributed by atoms with Crippen LogP contribution < -0.4 is 15.0 Å². The van der Waals surface area contributed by atoms with Gasteiger partial charge in [-0.25, -0.2) is 9.69 Å². The molecular formula is C25H27F3N4O4. The van der Waals surface area contributed by atoms with Crippen LogP contribution in [0.4, 0.5) is 23.7 Å². The lowest BCUT2D eigenvalue weighted by molar-refractivity contribution is -0.274. The molecule has 1 saturated carbocycles. The van der Waals surface area contributed by atoms with Crippen molar-refractivity contribution < 1.29 is 32.3 Å². The van der Waals surface area contributed by atoms with Gasteiger partial charge in [0.2, 0.25) is 5.91 Å². The average molecular weight is 505 g/mol. The fraction of sp³-hybridized carbons (Fsp3) is 0.440. The number of ether oxygens (including phenoxy) is 1. The van der Waals surface area contributed by atoms with Gasteiger partial charge >= 0.3 is 12.4 Å². The first-order valence-corrected chi connectivity index (χ1v) is 11.7. The van der Waals surface area contributed by atoms with Crippen LogP contribution in [0.2, 0.25) is 0 Å². The zero-order valence-electron chi connectivity index (χ0n) is 19.9. The average Bonchev–Trinajstić information content (AvgIpc) is 3.00. The van der Waals surface area contributed by atoms with Crippen molar-refractivity contribution in [2.75, 3.05) is 4.90 Å². The van der Waals surface area contributed by atoms with Crippen molar-refractivity contribution in [1.29, 1.82) is 0 Å². The molecule has 1 unspecified atom stereocenters. The molecule has 4 rings (SSSR count). The van der Waals surface area contributed by atoms with Crippen molar-refractivity contribution in [2.24, 2.45) is 0 Å². The van der Waals surface area contributed by atoms with Gasteiger partial charge in [0.05, 0.1) is 5.69 Å². The number of carbonyl (C=O) groups excluding carboxylic acids is 3. The highest BCUT2D eigenvalue weighted by Crippen LogP contribution is 2.39. The zero-order chi connectivity index (χ0) is 26.1. The number of hydrogen-bond donors (Lipinski definition) is 1. The van der Waals surface area contributed by atoms with Gasteiger partial charge in [-0.2, -0.15) is 0 Å². The first-order chi connectivity index (χ1) is 17.0. The topological polar surface area (TPSA) is 91.8 Å². The van der Waals surface area contributed by atoms with E-state index >= 15 is 0 Å². The molecule has 1 aliphatic heterocycles. The van der Waals surface area contributed by atoms with Gasteiger partial charge in [0.25, 0.3) is 5.91 Å². The van der Waals surface area contributed by atoms with Crippen LogP contribution in [-0.2, 0) is 9.59 Å². The molecule has 36 heavy (non-hydrogen) atoms. The van der Waals surface area contributed by atoms with Gasteiger partial charge in [0, 0.05) is 18.4 Å². The Balaban J connectivity index is 1.67. The highest BCUT2D eigenvalue weighted by molar-refractivity contribution is 6.23. The number of halogens is 3. The molecule has 11 heteroatoms. The lowest BCUT2D eigenvalue weighted by atomic mass is 9.94. The SMILES string of the molecule is CC1(C)C(=O)N(c2ccc(OC(F)(F)F)cc2)C(=O)N1C(C(=O)NC1CCCCC1)c1ccncc1. The number of alkyl halides is 3. The van der Waals surface area contributed by atoms with E-state index in [9.17, 15) is 27.6 Å². The molecule has 4 amide bonds. The minimum atomic E-state index is -4.87. The van der Waals surface area contributed by atoms with Gasteiger partial charge in [-0.15, -0.1) is 13.2 Å². The Hall–Kier alpha value is -3.63. The number of rotatable bonds is 6. The minimum absolute atomic E-state index is 0.0237. The fourth-order valence-electron chi connectivity index (χ4n) is 4.76. The second kappa shape index (κ2) is 9.79. The molecule has 2 fully saturated rings. The molecule has 1 aliphatic carbocycles. The summed E-state index contributed by atoms with van der Waals surface area (Å²) in [5.41, 5.74) is -0.865. The van der Waals surface area contributed by atoms with Crippen molar-refractivity contribution in [3.05, 3.63) is 54.4 Å². The van der Waals surface area contributed by atoms with E-state index in [1.54, 1.807) is 12.1 Å². The summed E-state index contributed by atoms with van der Waals surface area (Å²) < 4.78 is 41.4. The molecule has 0 radical (unpaired) electrons. The predicted molar refractivity (Wildman–Crippen MR) is 124 cm³/mol. The van der Waals surface area contributed by atoms with Crippen LogP contribution in [0.3, 0.4) is 0 Å². The number of nitrogens with one attached hydrogen (secondary N) is 1. The van der Waals surface area contributed by atoms with Gasteiger partial charge in [-0.3, -0.25) is 19.5 Å². The van der Waals surface area contributed by atoms with Crippen molar-refractivity contribution >= 4 is 23.5 Å². The molecule has 8 nitrogen and oxygen atoms in total. The number of anilines is 1. The quantitative estimate of drug-likeness (QED) is 0.575. The summed E-state index contributed by atoms with van der Waals surface area (Å²) in [5.74, 6) is -1.50. The lowest BCUT2D eigenvalue weighted by Gasteiger charge is -2.36. The normalized spacial score (nSPS) is 19.4. The summed E-state index contributed by atoms with van der Waals surface area (Å²) in [6.07, 6.45) is 2.91. The second-order valence-electron chi connectivity index (χ2n) is 9.42. The molecule has 192 valence electrons. The van der Waals surface area contributed by atoms with E-state index in [1.165, 1.54) is 43.3 Å². The third kappa shape index (κ3) is 5.14. The van der Waals surface area contributed by atoms with Crippen LogP contribution in [0.15, 0.2) is 48.8 Å². The van der Waals surface area contributed by atoms with Crippen LogP contribution in [0.25, 0.3) is 0 Å². The molecule has 1 aromatic heterocycles. The number of aromatic nitrogens is 1. The van der Waals surface area contributed by atoms with Crippen LogP contribution in [0, 0.1) is 0 Å². The summed E-state index contributed by atoms with van der Waals surface area (Å²) in [6, 6.07) is 5.78. The molecular weight excluding hydrogens is 477 g/mol. The van der Waals surface area contributed by atoms with E-state index in [-0.39, 0.29) is 11.7 Å². The Morgan fingerprint density at radius 2 is 1.67 bits per heavy atom. The van der Waals surface area contributed by atoms with Crippen LogP contribution >= 0.6 is 0 Å². The summed E-state index contributed by atoms with van der Waals surface area (Å²) in [4.78, 5) is 46.8. The maximum Gasteiger partial charge on any atom is 0.573 e. The number of amides is 4. The molecule has 1 atom stereocenters. The Morgan fingerprint density at radius 3 is 2.25 bits per heavy atom. The third-order valence-electron chi connectivity index (χ3n) is 6.53. The van der Waals surface area contributed by atoms with E-state index in [0.29, 0.717) is 5.56 Å². The number of hydrogen-bond acceptors (Lipinski definition) is 5. The Morgan fingerprint density at radius 1 is 1.06 bits per heavy atom. The molecule has 2 aromatic rings. The fourth-order valence-corrected chi connectivity index (χ4v) is 4.76.